The number of nitrogens with zero attached hydrogens (tertiary/aromatic N) is 3. The van der Waals surface area contributed by atoms with Crippen molar-refractivity contribution in [1.82, 2.24) is 9.55 Å². The molecule has 40 heavy (non-hydrogen) atoms. The van der Waals surface area contributed by atoms with E-state index >= 15 is 0 Å². The van der Waals surface area contributed by atoms with Crippen molar-refractivity contribution >= 4 is 22.1 Å². The molecule has 1 unspecified atom stereocenters. The molecule has 1 aliphatic heterocycles. The summed E-state index contributed by atoms with van der Waals surface area (Å²) in [6.45, 7) is 7.14. The van der Waals surface area contributed by atoms with Crippen LogP contribution in [-0.4, -0.2) is 22.6 Å². The van der Waals surface area contributed by atoms with Crippen molar-refractivity contribution in [2.45, 2.75) is 39.2 Å². The Balaban J connectivity index is 1.34. The van der Waals surface area contributed by atoms with E-state index in [4.69, 9.17) is 0 Å². The maximum Gasteiger partial charge on any atom is 0.265 e. The first kappa shape index (κ1) is 26.3. The highest BCUT2D eigenvalue weighted by atomic mass is 19.3. The Morgan fingerprint density at radius 3 is 2.38 bits per heavy atom. The Morgan fingerprint density at radius 1 is 0.950 bits per heavy atom. The fraction of sp³-hybridized carbons (Fsp3) is 0.355. The number of pyridine rings is 2. The van der Waals surface area contributed by atoms with E-state index in [2.05, 4.69) is 21.3 Å². The minimum Gasteiger partial charge on any atom is -0.378 e. The van der Waals surface area contributed by atoms with E-state index in [0.29, 0.717) is 17.2 Å². The molecule has 1 aliphatic carbocycles. The highest BCUT2D eigenvalue weighted by Gasteiger charge is 2.57. The molecule has 2 aromatic heterocycles. The van der Waals surface area contributed by atoms with E-state index in [1.54, 1.807) is 11.6 Å². The van der Waals surface area contributed by atoms with Gasteiger partial charge in [-0.05, 0) is 79.5 Å². The minimum absolute atomic E-state index is 0.105. The van der Waals surface area contributed by atoms with Crippen LogP contribution in [0, 0.1) is 37.3 Å². The zero-order valence-electron chi connectivity index (χ0n) is 22.7. The summed E-state index contributed by atoms with van der Waals surface area (Å²) >= 11 is 0. The van der Waals surface area contributed by atoms with Gasteiger partial charge < -0.3 is 14.8 Å². The predicted molar refractivity (Wildman–Crippen MR) is 148 cm³/mol. The summed E-state index contributed by atoms with van der Waals surface area (Å²) in [5.41, 5.74) is 3.87. The van der Waals surface area contributed by atoms with Crippen LogP contribution in [0.2, 0.25) is 0 Å². The Morgan fingerprint density at radius 2 is 1.68 bits per heavy atom. The van der Waals surface area contributed by atoms with Crippen molar-refractivity contribution in [2.24, 2.45) is 18.9 Å². The summed E-state index contributed by atoms with van der Waals surface area (Å²) in [4.78, 5) is 19.9. The molecule has 1 saturated heterocycles. The molecule has 2 fully saturated rings. The van der Waals surface area contributed by atoms with E-state index in [0.717, 1.165) is 58.8 Å². The summed E-state index contributed by atoms with van der Waals surface area (Å²) in [6.07, 6.45) is -1.61. The third-order valence-corrected chi connectivity index (χ3v) is 8.56. The van der Waals surface area contributed by atoms with Gasteiger partial charge in [-0.1, -0.05) is 6.07 Å². The first-order valence-corrected chi connectivity index (χ1v) is 13.4. The molecule has 1 saturated carbocycles. The van der Waals surface area contributed by atoms with Gasteiger partial charge in [-0.25, -0.2) is 17.6 Å². The summed E-state index contributed by atoms with van der Waals surface area (Å²) in [7, 11) is 1.79. The zero-order valence-corrected chi connectivity index (χ0v) is 22.7. The molecular weight excluding hydrogens is 520 g/mol. The highest BCUT2D eigenvalue weighted by Crippen LogP contribution is 2.59. The lowest BCUT2D eigenvalue weighted by atomic mass is 9.95. The minimum atomic E-state index is -2.83. The summed E-state index contributed by atoms with van der Waals surface area (Å²) in [6, 6.07) is 10.3. The van der Waals surface area contributed by atoms with Crippen LogP contribution in [-0.2, 0) is 7.05 Å². The fourth-order valence-electron chi connectivity index (χ4n) is 6.52. The topological polar surface area (TPSA) is 50.2 Å². The molecule has 0 spiro atoms. The molecule has 4 atom stereocenters. The van der Waals surface area contributed by atoms with Crippen LogP contribution in [0.4, 0.5) is 28.9 Å². The van der Waals surface area contributed by atoms with Gasteiger partial charge in [0.05, 0.1) is 17.6 Å². The van der Waals surface area contributed by atoms with Crippen molar-refractivity contribution in [3.63, 3.8) is 0 Å². The fourth-order valence-corrected chi connectivity index (χ4v) is 6.52. The molecule has 2 aromatic carbocycles. The summed E-state index contributed by atoms with van der Waals surface area (Å²) in [5.74, 6) is -0.215. The second-order valence-electron chi connectivity index (χ2n) is 11.2. The number of halogens is 4. The van der Waals surface area contributed by atoms with Crippen LogP contribution in [0.1, 0.15) is 53.4 Å². The van der Waals surface area contributed by atoms with Crippen molar-refractivity contribution in [2.75, 3.05) is 23.3 Å². The van der Waals surface area contributed by atoms with E-state index < -0.39 is 23.8 Å². The van der Waals surface area contributed by atoms with Crippen LogP contribution in [0.25, 0.3) is 10.8 Å². The molecular formula is C31H30F4N4O. The zero-order chi connectivity index (χ0) is 28.5. The number of hydrogen-bond donors (Lipinski definition) is 1. The van der Waals surface area contributed by atoms with E-state index in [1.807, 2.05) is 32.9 Å². The lowest BCUT2D eigenvalue weighted by molar-refractivity contribution is 0.151. The van der Waals surface area contributed by atoms with Gasteiger partial charge in [0, 0.05) is 60.5 Å². The standard InChI is InChI=1S/C31H30F4N4O/c1-15-7-20(16(2)37-26-6-5-18(32)9-23(26)30(34)35)21-11-28(38(4)31(40)22(21)8-15)29-24-13-39(14-25(24)29)27-10-19(33)12-36-17(27)3/h5-12,16,24-25,29-30,37H,13-14H2,1-4H3/t16-,24-,25+,29?/m1/s1. The quantitative estimate of drug-likeness (QED) is 0.269. The molecule has 5 nitrogen and oxygen atoms in total. The number of rotatable bonds is 6. The predicted octanol–water partition coefficient (Wildman–Crippen LogP) is 6.79. The number of aromatic nitrogens is 2. The third-order valence-electron chi connectivity index (χ3n) is 8.56. The van der Waals surface area contributed by atoms with Gasteiger partial charge in [0.15, 0.2) is 0 Å². The second kappa shape index (κ2) is 9.64. The third kappa shape index (κ3) is 4.41. The average Bonchev–Trinajstić information content (AvgIpc) is 3.39. The van der Waals surface area contributed by atoms with Gasteiger partial charge in [0.25, 0.3) is 12.0 Å². The van der Waals surface area contributed by atoms with Crippen LogP contribution >= 0.6 is 0 Å². The van der Waals surface area contributed by atoms with Crippen molar-refractivity contribution in [3.8, 4) is 0 Å². The highest BCUT2D eigenvalue weighted by molar-refractivity contribution is 5.87. The van der Waals surface area contributed by atoms with Gasteiger partial charge in [0.2, 0.25) is 0 Å². The Hall–Kier alpha value is -3.88. The van der Waals surface area contributed by atoms with Crippen LogP contribution in [0.3, 0.4) is 0 Å². The molecule has 0 bridgehead atoms. The van der Waals surface area contributed by atoms with Gasteiger partial charge in [-0.15, -0.1) is 0 Å². The van der Waals surface area contributed by atoms with Crippen molar-refractivity contribution < 1.29 is 17.6 Å². The first-order valence-electron chi connectivity index (χ1n) is 13.4. The van der Waals surface area contributed by atoms with Crippen molar-refractivity contribution in [3.05, 3.63) is 98.7 Å². The smallest absolute Gasteiger partial charge is 0.265 e. The van der Waals surface area contributed by atoms with Gasteiger partial charge >= 0.3 is 0 Å². The SMILES string of the molecule is Cc1cc([C@@H](C)Nc2ccc(F)cc2C(F)F)c2cc(C3[C@H]4CN(c5cc(F)cnc5C)C[C@@H]34)n(C)c(=O)c2c1. The number of hydrogen-bond acceptors (Lipinski definition) is 4. The monoisotopic (exact) mass is 550 g/mol. The number of benzene rings is 2. The number of aryl methyl sites for hydroxylation is 2. The molecule has 0 amide bonds. The molecule has 3 heterocycles. The van der Waals surface area contributed by atoms with Crippen molar-refractivity contribution in [1.29, 1.82) is 0 Å². The maximum atomic E-state index is 13.9. The molecule has 0 radical (unpaired) electrons. The summed E-state index contributed by atoms with van der Waals surface area (Å²) < 4.78 is 56.5. The van der Waals surface area contributed by atoms with Gasteiger partial charge in [-0.2, -0.15) is 0 Å². The number of piperidine rings is 1. The molecule has 2 aliphatic rings. The molecule has 208 valence electrons. The van der Waals surface area contributed by atoms with E-state index in [1.165, 1.54) is 18.3 Å². The molecule has 4 aromatic rings. The van der Waals surface area contributed by atoms with Crippen LogP contribution in [0.15, 0.2) is 53.5 Å². The number of anilines is 2. The van der Waals surface area contributed by atoms with Gasteiger partial charge in [0.1, 0.15) is 11.6 Å². The normalized spacial score (nSPS) is 20.7. The largest absolute Gasteiger partial charge is 0.378 e. The first-order chi connectivity index (χ1) is 19.0. The van der Waals surface area contributed by atoms with E-state index in [9.17, 15) is 22.4 Å². The molecule has 6 rings (SSSR count). The average molecular weight is 551 g/mol. The molecule has 9 heteroatoms. The van der Waals surface area contributed by atoms with Gasteiger partial charge in [-0.3, -0.25) is 9.78 Å². The molecule has 1 N–H and O–H groups in total. The summed E-state index contributed by atoms with van der Waals surface area (Å²) in [5, 5.41) is 4.47. The van der Waals surface area contributed by atoms with E-state index in [-0.39, 0.29) is 23.0 Å². The number of nitrogens with one attached hydrogen (secondary N) is 1. The lowest BCUT2D eigenvalue weighted by Crippen LogP contribution is -2.27. The second-order valence-corrected chi connectivity index (χ2v) is 11.2. The number of alkyl halides is 2. The van der Waals surface area contributed by atoms with Crippen LogP contribution < -0.4 is 15.8 Å². The number of fused-ring (bicyclic) bond motifs is 2. The lowest BCUT2D eigenvalue weighted by Gasteiger charge is -2.24. The Bertz CT molecular complexity index is 1690. The Kier molecular flexibility index (Phi) is 6.35. The maximum absolute atomic E-state index is 13.9. The van der Waals surface area contributed by atoms with Crippen LogP contribution in [0.5, 0.6) is 0 Å². The Labute approximate surface area is 229 Å².